The number of ether oxygens (including phenoxy) is 1. The molecule has 4 aromatic rings. The number of hydrogen-bond acceptors (Lipinski definition) is 6. The molecule has 1 aromatic heterocycles. The number of amides is 1. The number of halogens is 1. The molecule has 206 valence electrons. The third-order valence-corrected chi connectivity index (χ3v) is 7.47. The normalized spacial score (nSPS) is 14.6. The summed E-state index contributed by atoms with van der Waals surface area (Å²) in [6.45, 7) is 6.84. The van der Waals surface area contributed by atoms with Crippen molar-refractivity contribution in [1.82, 2.24) is 14.8 Å². The zero-order valence-electron chi connectivity index (χ0n) is 22.7. The van der Waals surface area contributed by atoms with Crippen molar-refractivity contribution in [1.29, 1.82) is 0 Å². The highest BCUT2D eigenvalue weighted by Gasteiger charge is 2.34. The quantitative estimate of drug-likeness (QED) is 0.203. The molecule has 1 aliphatic heterocycles. The fourth-order valence-electron chi connectivity index (χ4n) is 4.43. The fourth-order valence-corrected chi connectivity index (χ4v) is 5.25. The molecule has 1 aliphatic rings. The van der Waals surface area contributed by atoms with Crippen LogP contribution in [0.3, 0.4) is 0 Å². The van der Waals surface area contributed by atoms with Crippen LogP contribution in [-0.4, -0.2) is 27.3 Å². The van der Waals surface area contributed by atoms with E-state index in [1.807, 2.05) is 67.6 Å². The fraction of sp³-hybridized carbons (Fsp3) is 0.258. The maximum Gasteiger partial charge on any atom is 0.255 e. The molecule has 0 spiro atoms. The summed E-state index contributed by atoms with van der Waals surface area (Å²) in [6, 6.07) is 23.3. The predicted molar refractivity (Wildman–Crippen MR) is 157 cm³/mol. The highest BCUT2D eigenvalue weighted by molar-refractivity contribution is 7.98. The Bertz CT molecular complexity index is 1500. The van der Waals surface area contributed by atoms with Gasteiger partial charge in [-0.2, -0.15) is 4.98 Å². The van der Waals surface area contributed by atoms with E-state index in [2.05, 4.69) is 29.5 Å². The molecule has 1 unspecified atom stereocenters. The summed E-state index contributed by atoms with van der Waals surface area (Å²) in [7, 11) is 0. The molecule has 2 N–H and O–H groups in total. The number of benzene rings is 3. The third kappa shape index (κ3) is 6.37. The van der Waals surface area contributed by atoms with Crippen LogP contribution >= 0.6 is 11.8 Å². The summed E-state index contributed by atoms with van der Waals surface area (Å²) < 4.78 is 21.8. The van der Waals surface area contributed by atoms with Crippen molar-refractivity contribution in [3.05, 3.63) is 107 Å². The van der Waals surface area contributed by atoms with Gasteiger partial charge in [-0.05, 0) is 60.7 Å². The number of nitrogens with one attached hydrogen (secondary N) is 2. The van der Waals surface area contributed by atoms with E-state index in [0.29, 0.717) is 51.9 Å². The van der Waals surface area contributed by atoms with Gasteiger partial charge in [0.05, 0.1) is 12.2 Å². The van der Waals surface area contributed by atoms with Gasteiger partial charge in [-0.15, -0.1) is 5.10 Å². The van der Waals surface area contributed by atoms with Crippen LogP contribution < -0.4 is 15.4 Å². The minimum Gasteiger partial charge on any atom is -0.494 e. The van der Waals surface area contributed by atoms with Gasteiger partial charge in [0.1, 0.15) is 17.6 Å². The van der Waals surface area contributed by atoms with Crippen molar-refractivity contribution in [3.8, 4) is 5.75 Å². The van der Waals surface area contributed by atoms with Crippen molar-refractivity contribution in [2.24, 2.45) is 5.92 Å². The van der Waals surface area contributed by atoms with Gasteiger partial charge in [-0.1, -0.05) is 74.1 Å². The Labute approximate surface area is 237 Å². The molecule has 2 heterocycles. The molecule has 5 rings (SSSR count). The number of thioether (sulfide) groups is 1. The van der Waals surface area contributed by atoms with E-state index >= 15 is 0 Å². The summed E-state index contributed by atoms with van der Waals surface area (Å²) in [6.07, 6.45) is 0.970. The number of allylic oxidation sites excluding steroid dienone is 1. The predicted octanol–water partition coefficient (Wildman–Crippen LogP) is 7.06. The van der Waals surface area contributed by atoms with Crippen LogP contribution in [0.5, 0.6) is 5.75 Å². The van der Waals surface area contributed by atoms with Gasteiger partial charge < -0.3 is 15.4 Å². The third-order valence-electron chi connectivity index (χ3n) is 6.58. The molecular weight excluding hydrogens is 525 g/mol. The number of carbonyl (C=O) groups excluding carboxylic acids is 1. The SMILES string of the molecule is CC1=C(C(=O)Nc2ccccc2)C(c2ccc(OCCC(C)C)cc2)n2nc(SCc3ccccc3F)nc2N1. The van der Waals surface area contributed by atoms with Crippen molar-refractivity contribution >= 4 is 29.3 Å². The molecule has 0 saturated carbocycles. The van der Waals surface area contributed by atoms with Crippen LogP contribution in [-0.2, 0) is 10.5 Å². The van der Waals surface area contributed by atoms with Gasteiger partial charge in [0.2, 0.25) is 11.1 Å². The van der Waals surface area contributed by atoms with E-state index in [1.165, 1.54) is 17.8 Å². The highest BCUT2D eigenvalue weighted by Crippen LogP contribution is 2.37. The first-order chi connectivity index (χ1) is 19.4. The Hall–Kier alpha value is -4.11. The van der Waals surface area contributed by atoms with Crippen molar-refractivity contribution in [2.75, 3.05) is 17.2 Å². The second kappa shape index (κ2) is 12.4. The number of nitrogens with zero attached hydrogens (tertiary/aromatic N) is 3. The Morgan fingerprint density at radius 1 is 1.07 bits per heavy atom. The lowest BCUT2D eigenvalue weighted by atomic mass is 9.95. The van der Waals surface area contributed by atoms with Crippen LogP contribution in [0.2, 0.25) is 0 Å². The zero-order valence-corrected chi connectivity index (χ0v) is 23.5. The van der Waals surface area contributed by atoms with Crippen molar-refractivity contribution in [3.63, 3.8) is 0 Å². The minimum atomic E-state index is -0.528. The molecular formula is C31H32FN5O2S. The maximum absolute atomic E-state index is 14.2. The molecule has 40 heavy (non-hydrogen) atoms. The molecule has 3 aromatic carbocycles. The van der Waals surface area contributed by atoms with Gasteiger partial charge >= 0.3 is 0 Å². The molecule has 1 atom stereocenters. The maximum atomic E-state index is 14.2. The van der Waals surface area contributed by atoms with Crippen molar-refractivity contribution in [2.45, 2.75) is 44.1 Å². The van der Waals surface area contributed by atoms with E-state index < -0.39 is 6.04 Å². The monoisotopic (exact) mass is 557 g/mol. The molecule has 7 nitrogen and oxygen atoms in total. The molecule has 0 bridgehead atoms. The largest absolute Gasteiger partial charge is 0.494 e. The van der Waals surface area contributed by atoms with Crippen LogP contribution in [0.4, 0.5) is 16.0 Å². The second-order valence-electron chi connectivity index (χ2n) is 10.0. The first-order valence-electron chi connectivity index (χ1n) is 13.3. The van der Waals surface area contributed by atoms with Gasteiger partial charge in [0.15, 0.2) is 0 Å². The van der Waals surface area contributed by atoms with Gasteiger partial charge in [0, 0.05) is 17.1 Å². The Balaban J connectivity index is 1.45. The zero-order chi connectivity index (χ0) is 28.1. The van der Waals surface area contributed by atoms with E-state index in [1.54, 1.807) is 16.8 Å². The molecule has 0 radical (unpaired) electrons. The van der Waals surface area contributed by atoms with Gasteiger partial charge in [0.25, 0.3) is 5.91 Å². The lowest BCUT2D eigenvalue weighted by Gasteiger charge is -2.28. The van der Waals surface area contributed by atoms with Gasteiger partial charge in [-0.3, -0.25) is 4.79 Å². The number of hydrogen-bond donors (Lipinski definition) is 2. The lowest BCUT2D eigenvalue weighted by molar-refractivity contribution is -0.113. The second-order valence-corrected chi connectivity index (χ2v) is 11.0. The van der Waals surface area contributed by atoms with Crippen molar-refractivity contribution < 1.29 is 13.9 Å². The van der Waals surface area contributed by atoms with E-state index in [9.17, 15) is 9.18 Å². The van der Waals surface area contributed by atoms with Crippen LogP contribution in [0.25, 0.3) is 0 Å². The van der Waals surface area contributed by atoms with E-state index in [4.69, 9.17) is 9.84 Å². The summed E-state index contributed by atoms with van der Waals surface area (Å²) in [5.74, 6) is 1.74. The van der Waals surface area contributed by atoms with Gasteiger partial charge in [-0.25, -0.2) is 9.07 Å². The first-order valence-corrected chi connectivity index (χ1v) is 14.3. The Morgan fingerprint density at radius 2 is 1.80 bits per heavy atom. The average Bonchev–Trinajstić information content (AvgIpc) is 3.35. The molecule has 0 fully saturated rings. The molecule has 1 amide bonds. The number of para-hydroxylation sites is 1. The summed E-state index contributed by atoms with van der Waals surface area (Å²) in [5.41, 5.74) is 3.36. The highest BCUT2D eigenvalue weighted by atomic mass is 32.2. The average molecular weight is 558 g/mol. The number of carbonyl (C=O) groups is 1. The Morgan fingerprint density at radius 3 is 2.52 bits per heavy atom. The van der Waals surface area contributed by atoms with Crippen LogP contribution in [0.1, 0.15) is 44.4 Å². The molecule has 0 saturated heterocycles. The van der Waals surface area contributed by atoms with Crippen LogP contribution in [0, 0.1) is 11.7 Å². The number of fused-ring (bicyclic) bond motifs is 1. The molecule has 9 heteroatoms. The first kappa shape index (κ1) is 27.5. The number of aromatic nitrogens is 3. The Kier molecular flexibility index (Phi) is 8.50. The lowest BCUT2D eigenvalue weighted by Crippen LogP contribution is -2.31. The van der Waals surface area contributed by atoms with E-state index in [0.717, 1.165) is 17.7 Å². The van der Waals surface area contributed by atoms with Crippen LogP contribution in [0.15, 0.2) is 95.3 Å². The smallest absolute Gasteiger partial charge is 0.255 e. The summed E-state index contributed by atoms with van der Waals surface area (Å²) >= 11 is 1.34. The summed E-state index contributed by atoms with van der Waals surface area (Å²) in [4.78, 5) is 18.3. The minimum absolute atomic E-state index is 0.236. The topological polar surface area (TPSA) is 81.1 Å². The van der Waals surface area contributed by atoms with E-state index in [-0.39, 0.29) is 11.7 Å². The summed E-state index contributed by atoms with van der Waals surface area (Å²) in [5, 5.41) is 11.5. The molecule has 0 aliphatic carbocycles. The number of anilines is 2. The standard InChI is InChI=1S/C31H32FN5O2S/c1-20(2)17-18-39-25-15-13-22(14-16-25)28-27(29(38)34-24-10-5-4-6-11-24)21(3)33-30-35-31(36-37(28)30)40-19-23-9-7-8-12-26(23)32/h4-16,20,28H,17-19H2,1-3H3,(H,34,38)(H,33,35,36). The number of rotatable bonds is 10.